The predicted octanol–water partition coefficient (Wildman–Crippen LogP) is 3.14. The SMILES string of the molecule is CC(C)(C)OC(=O)c1ccccc1NC(=O)C(F)(F)F. The molecule has 0 aromatic heterocycles. The molecule has 0 unspecified atom stereocenters. The number of amides is 1. The minimum absolute atomic E-state index is 0.139. The van der Waals surface area contributed by atoms with E-state index in [1.807, 2.05) is 0 Å². The number of alkyl halides is 3. The van der Waals surface area contributed by atoms with Gasteiger partial charge in [0.25, 0.3) is 0 Å². The molecular formula is C13H14F3NO3. The van der Waals surface area contributed by atoms with E-state index in [0.29, 0.717) is 0 Å². The fraction of sp³-hybridized carbons (Fsp3) is 0.385. The summed E-state index contributed by atoms with van der Waals surface area (Å²) in [4.78, 5) is 22.8. The number of ether oxygens (including phenoxy) is 1. The number of esters is 1. The highest BCUT2D eigenvalue weighted by atomic mass is 19.4. The van der Waals surface area contributed by atoms with E-state index < -0.39 is 23.7 Å². The lowest BCUT2D eigenvalue weighted by atomic mass is 10.1. The number of carbonyl (C=O) groups is 2. The Hall–Kier alpha value is -2.05. The third-order valence-corrected chi connectivity index (χ3v) is 2.05. The highest BCUT2D eigenvalue weighted by Gasteiger charge is 2.39. The van der Waals surface area contributed by atoms with E-state index in [0.717, 1.165) is 0 Å². The van der Waals surface area contributed by atoms with Gasteiger partial charge in [0.05, 0.1) is 11.3 Å². The summed E-state index contributed by atoms with van der Waals surface area (Å²) in [6, 6.07) is 5.34. The molecule has 1 aromatic carbocycles. The molecule has 1 N–H and O–H groups in total. The van der Waals surface area contributed by atoms with Crippen molar-refractivity contribution in [1.29, 1.82) is 0 Å². The average Bonchev–Trinajstić information content (AvgIpc) is 2.25. The molecule has 1 amide bonds. The van der Waals surface area contributed by atoms with Gasteiger partial charge in [0.2, 0.25) is 0 Å². The Balaban J connectivity index is 3.00. The molecule has 0 aliphatic rings. The van der Waals surface area contributed by atoms with E-state index >= 15 is 0 Å². The Bertz CT molecular complexity index is 518. The van der Waals surface area contributed by atoms with E-state index in [1.54, 1.807) is 26.1 Å². The maximum atomic E-state index is 12.2. The van der Waals surface area contributed by atoms with Crippen LogP contribution in [0.2, 0.25) is 0 Å². The molecule has 0 aliphatic carbocycles. The van der Waals surface area contributed by atoms with Crippen LogP contribution in [0, 0.1) is 0 Å². The zero-order chi connectivity index (χ0) is 15.6. The van der Waals surface area contributed by atoms with Gasteiger partial charge in [0.1, 0.15) is 5.60 Å². The molecule has 0 fully saturated rings. The zero-order valence-electron chi connectivity index (χ0n) is 11.2. The number of nitrogens with one attached hydrogen (secondary N) is 1. The lowest BCUT2D eigenvalue weighted by Crippen LogP contribution is -2.31. The Kier molecular flexibility index (Phi) is 4.42. The monoisotopic (exact) mass is 289 g/mol. The van der Waals surface area contributed by atoms with Gasteiger partial charge in [0.15, 0.2) is 0 Å². The van der Waals surface area contributed by atoms with Crippen LogP contribution in [-0.4, -0.2) is 23.7 Å². The number of halogens is 3. The third-order valence-electron chi connectivity index (χ3n) is 2.05. The molecule has 0 heterocycles. The normalized spacial score (nSPS) is 11.9. The molecule has 0 radical (unpaired) electrons. The fourth-order valence-corrected chi connectivity index (χ4v) is 1.30. The smallest absolute Gasteiger partial charge is 0.456 e. The van der Waals surface area contributed by atoms with E-state index in [1.165, 1.54) is 24.3 Å². The van der Waals surface area contributed by atoms with Crippen molar-refractivity contribution in [2.75, 3.05) is 5.32 Å². The van der Waals surface area contributed by atoms with Gasteiger partial charge in [-0.25, -0.2) is 4.79 Å². The second kappa shape index (κ2) is 5.52. The standard InChI is InChI=1S/C13H14F3NO3/c1-12(2,3)20-10(18)8-6-4-5-7-9(8)17-11(19)13(14,15)16/h4-7H,1-3H3,(H,17,19). The zero-order valence-corrected chi connectivity index (χ0v) is 11.2. The first-order valence-electron chi connectivity index (χ1n) is 5.71. The largest absolute Gasteiger partial charge is 0.471 e. The van der Waals surface area contributed by atoms with Crippen molar-refractivity contribution < 1.29 is 27.5 Å². The third kappa shape index (κ3) is 4.56. The Labute approximate surface area is 113 Å². The molecule has 0 saturated heterocycles. The van der Waals surface area contributed by atoms with Crippen molar-refractivity contribution >= 4 is 17.6 Å². The van der Waals surface area contributed by atoms with Crippen LogP contribution in [0.3, 0.4) is 0 Å². The van der Waals surface area contributed by atoms with Crippen molar-refractivity contribution in [3.63, 3.8) is 0 Å². The van der Waals surface area contributed by atoms with Crippen LogP contribution in [0.5, 0.6) is 0 Å². The number of hydrogen-bond acceptors (Lipinski definition) is 3. The van der Waals surface area contributed by atoms with Crippen LogP contribution < -0.4 is 5.32 Å². The molecular weight excluding hydrogens is 275 g/mol. The van der Waals surface area contributed by atoms with Crippen LogP contribution >= 0.6 is 0 Å². The van der Waals surface area contributed by atoms with Gasteiger partial charge >= 0.3 is 18.1 Å². The van der Waals surface area contributed by atoms with Crippen molar-refractivity contribution in [2.24, 2.45) is 0 Å². The highest BCUT2D eigenvalue weighted by Crippen LogP contribution is 2.22. The lowest BCUT2D eigenvalue weighted by molar-refractivity contribution is -0.167. The quantitative estimate of drug-likeness (QED) is 0.851. The van der Waals surface area contributed by atoms with Crippen molar-refractivity contribution in [2.45, 2.75) is 32.5 Å². The van der Waals surface area contributed by atoms with E-state index in [2.05, 4.69) is 0 Å². The summed E-state index contributed by atoms with van der Waals surface area (Å²) >= 11 is 0. The summed E-state index contributed by atoms with van der Waals surface area (Å²) < 4.78 is 41.7. The maximum Gasteiger partial charge on any atom is 0.471 e. The summed E-state index contributed by atoms with van der Waals surface area (Å²) in [5.74, 6) is -2.95. The second-order valence-corrected chi connectivity index (χ2v) is 5.00. The molecule has 110 valence electrons. The van der Waals surface area contributed by atoms with Crippen LogP contribution in [0.15, 0.2) is 24.3 Å². The Morgan fingerprint density at radius 3 is 2.15 bits per heavy atom. The molecule has 0 spiro atoms. The summed E-state index contributed by atoms with van der Waals surface area (Å²) in [5.41, 5.74) is -1.18. The molecule has 0 atom stereocenters. The fourth-order valence-electron chi connectivity index (χ4n) is 1.30. The summed E-state index contributed by atoms with van der Waals surface area (Å²) in [6.45, 7) is 4.88. The van der Waals surface area contributed by atoms with Crippen molar-refractivity contribution in [3.05, 3.63) is 29.8 Å². The van der Waals surface area contributed by atoms with Gasteiger partial charge in [-0.15, -0.1) is 0 Å². The molecule has 0 saturated carbocycles. The second-order valence-electron chi connectivity index (χ2n) is 5.00. The van der Waals surface area contributed by atoms with Gasteiger partial charge < -0.3 is 10.1 Å². The van der Waals surface area contributed by atoms with Gasteiger partial charge in [-0.05, 0) is 32.9 Å². The van der Waals surface area contributed by atoms with Crippen LogP contribution in [0.25, 0.3) is 0 Å². The summed E-state index contributed by atoms with van der Waals surface area (Å²) in [7, 11) is 0. The topological polar surface area (TPSA) is 55.4 Å². The van der Waals surface area contributed by atoms with Crippen molar-refractivity contribution in [1.82, 2.24) is 0 Å². The van der Waals surface area contributed by atoms with Gasteiger partial charge in [-0.1, -0.05) is 12.1 Å². The molecule has 7 heteroatoms. The van der Waals surface area contributed by atoms with Gasteiger partial charge in [0, 0.05) is 0 Å². The number of para-hydroxylation sites is 1. The Morgan fingerprint density at radius 1 is 1.10 bits per heavy atom. The first-order chi connectivity index (χ1) is 9.00. The lowest BCUT2D eigenvalue weighted by Gasteiger charge is -2.20. The Morgan fingerprint density at radius 2 is 1.65 bits per heavy atom. The molecule has 0 bridgehead atoms. The van der Waals surface area contributed by atoms with Crippen molar-refractivity contribution in [3.8, 4) is 0 Å². The number of hydrogen-bond donors (Lipinski definition) is 1. The summed E-state index contributed by atoms with van der Waals surface area (Å²) in [6.07, 6.45) is -5.03. The number of carbonyl (C=O) groups excluding carboxylic acids is 2. The minimum atomic E-state index is -5.03. The average molecular weight is 289 g/mol. The number of anilines is 1. The number of rotatable bonds is 2. The van der Waals surface area contributed by atoms with Crippen LogP contribution in [-0.2, 0) is 9.53 Å². The van der Waals surface area contributed by atoms with Crippen LogP contribution in [0.1, 0.15) is 31.1 Å². The minimum Gasteiger partial charge on any atom is -0.456 e. The number of benzene rings is 1. The first kappa shape index (κ1) is 16.0. The molecule has 0 aliphatic heterocycles. The van der Waals surface area contributed by atoms with E-state index in [4.69, 9.17) is 4.74 Å². The van der Waals surface area contributed by atoms with Crippen LogP contribution in [0.4, 0.5) is 18.9 Å². The molecule has 1 rings (SSSR count). The first-order valence-corrected chi connectivity index (χ1v) is 5.71. The van der Waals surface area contributed by atoms with E-state index in [-0.39, 0.29) is 11.3 Å². The van der Waals surface area contributed by atoms with E-state index in [9.17, 15) is 22.8 Å². The van der Waals surface area contributed by atoms with Gasteiger partial charge in [-0.2, -0.15) is 13.2 Å². The van der Waals surface area contributed by atoms with Gasteiger partial charge in [-0.3, -0.25) is 4.79 Å². The predicted molar refractivity (Wildman–Crippen MR) is 66.3 cm³/mol. The molecule has 4 nitrogen and oxygen atoms in total. The maximum absolute atomic E-state index is 12.2. The molecule has 1 aromatic rings. The molecule has 20 heavy (non-hydrogen) atoms. The highest BCUT2D eigenvalue weighted by molar-refractivity contribution is 6.02. The summed E-state index contributed by atoms with van der Waals surface area (Å²) in [5, 5.41) is 1.65.